The summed E-state index contributed by atoms with van der Waals surface area (Å²) in [7, 11) is 0. The molecule has 0 saturated carbocycles. The van der Waals surface area contributed by atoms with Gasteiger partial charge in [0.1, 0.15) is 11.5 Å². The Kier molecular flexibility index (Phi) is 14.8. The first-order valence-electron chi connectivity index (χ1n) is 10.5. The molecule has 0 saturated heterocycles. The van der Waals surface area contributed by atoms with Crippen LogP contribution in [0.25, 0.3) is 0 Å². The number of unbranched alkanes of at least 4 members (excludes halogenated alkanes) is 2. The summed E-state index contributed by atoms with van der Waals surface area (Å²) in [5.74, 6) is 0.955. The Morgan fingerprint density at radius 1 is 0.704 bits per heavy atom. The van der Waals surface area contributed by atoms with Crippen molar-refractivity contribution in [3.8, 4) is 11.5 Å². The number of aryl methyl sites for hydroxylation is 4. The highest BCUT2D eigenvalue weighted by Crippen LogP contribution is 2.23. The molecule has 3 heteroatoms. The van der Waals surface area contributed by atoms with Gasteiger partial charge in [-0.3, -0.25) is 0 Å². The van der Waals surface area contributed by atoms with E-state index in [0.29, 0.717) is 11.5 Å². The van der Waals surface area contributed by atoms with E-state index in [4.69, 9.17) is 0 Å². The van der Waals surface area contributed by atoms with Crippen molar-refractivity contribution in [3.63, 3.8) is 0 Å². The van der Waals surface area contributed by atoms with Gasteiger partial charge in [0.05, 0.1) is 0 Å². The molecule has 2 rings (SSSR count). The molecule has 0 radical (unpaired) electrons. The Labute approximate surface area is 175 Å². The summed E-state index contributed by atoms with van der Waals surface area (Å²) >= 11 is 1.37. The average Bonchev–Trinajstić information content (AvgIpc) is 2.65. The number of para-hydroxylation sites is 2. The SMILES string of the molecule is CCCCc1cccc(C)c1O.CCCCc1cccc(C)c1O.C[CH2][AlH2]. The van der Waals surface area contributed by atoms with Crippen LogP contribution in [-0.4, -0.2) is 26.5 Å². The Bertz CT molecular complexity index is 583. The largest absolute Gasteiger partial charge is 0.507 e. The molecule has 0 aliphatic carbocycles. The van der Waals surface area contributed by atoms with Crippen molar-refractivity contribution in [2.75, 3.05) is 0 Å². The summed E-state index contributed by atoms with van der Waals surface area (Å²) in [4.78, 5) is 0. The summed E-state index contributed by atoms with van der Waals surface area (Å²) in [6, 6.07) is 11.9. The first kappa shape index (κ1) is 25.6. The average molecular weight is 387 g/mol. The summed E-state index contributed by atoms with van der Waals surface area (Å²) < 4.78 is 0. The molecule has 0 bridgehead atoms. The van der Waals surface area contributed by atoms with Crippen molar-refractivity contribution in [1.29, 1.82) is 0 Å². The van der Waals surface area contributed by atoms with Crippen LogP contribution < -0.4 is 0 Å². The smallest absolute Gasteiger partial charge is 0.211 e. The van der Waals surface area contributed by atoms with Crippen LogP contribution >= 0.6 is 0 Å². The number of phenolic OH excluding ortho intramolecular Hbond substituents is 2. The van der Waals surface area contributed by atoms with Crippen molar-refractivity contribution in [3.05, 3.63) is 58.7 Å². The van der Waals surface area contributed by atoms with Crippen molar-refractivity contribution >= 4 is 16.3 Å². The van der Waals surface area contributed by atoms with Gasteiger partial charge in [-0.05, 0) is 61.8 Å². The quantitative estimate of drug-likeness (QED) is 0.585. The second-order valence-corrected chi connectivity index (χ2v) is 8.49. The highest BCUT2D eigenvalue weighted by atomic mass is 27.0. The molecule has 2 aromatic rings. The Morgan fingerprint density at radius 2 is 1.04 bits per heavy atom. The number of aromatic hydroxyl groups is 2. The van der Waals surface area contributed by atoms with E-state index in [1.165, 1.54) is 34.4 Å². The minimum Gasteiger partial charge on any atom is -0.507 e. The lowest BCUT2D eigenvalue weighted by molar-refractivity contribution is 0.462. The van der Waals surface area contributed by atoms with Crippen LogP contribution in [0.2, 0.25) is 5.28 Å². The van der Waals surface area contributed by atoms with Crippen LogP contribution in [0.1, 0.15) is 68.7 Å². The van der Waals surface area contributed by atoms with Crippen molar-refractivity contribution < 1.29 is 10.2 Å². The minimum atomic E-state index is 0.478. The van der Waals surface area contributed by atoms with E-state index in [2.05, 4.69) is 20.8 Å². The molecule has 150 valence electrons. The molecule has 0 amide bonds. The number of benzene rings is 2. The van der Waals surface area contributed by atoms with Crippen LogP contribution in [-0.2, 0) is 12.8 Å². The summed E-state index contributed by atoms with van der Waals surface area (Å²) in [5.41, 5.74) is 4.11. The molecule has 0 aliphatic rings. The van der Waals surface area contributed by atoms with Gasteiger partial charge in [-0.25, -0.2) is 0 Å². The van der Waals surface area contributed by atoms with E-state index in [0.717, 1.165) is 47.9 Å². The van der Waals surface area contributed by atoms with Gasteiger partial charge in [-0.15, -0.1) is 5.28 Å². The highest BCUT2D eigenvalue weighted by Gasteiger charge is 2.02. The zero-order chi connectivity index (χ0) is 20.7. The molecule has 0 atom stereocenters. The predicted octanol–water partition coefficient (Wildman–Crippen LogP) is 6.14. The van der Waals surface area contributed by atoms with Crippen LogP contribution in [0, 0.1) is 13.8 Å². The zero-order valence-corrected chi connectivity index (χ0v) is 20.3. The van der Waals surface area contributed by atoms with E-state index < -0.39 is 0 Å². The Morgan fingerprint density at radius 3 is 1.33 bits per heavy atom. The van der Waals surface area contributed by atoms with Gasteiger partial charge in [-0.1, -0.05) is 70.0 Å². The maximum absolute atomic E-state index is 9.62. The Hall–Kier alpha value is -1.43. The van der Waals surface area contributed by atoms with Gasteiger partial charge < -0.3 is 10.2 Å². The fourth-order valence-electron chi connectivity index (χ4n) is 2.58. The first-order chi connectivity index (χ1) is 12.9. The minimum absolute atomic E-state index is 0.478. The Balaban J connectivity index is 0.000000438. The van der Waals surface area contributed by atoms with E-state index in [-0.39, 0.29) is 0 Å². The zero-order valence-electron chi connectivity index (χ0n) is 18.3. The molecule has 0 heterocycles. The van der Waals surface area contributed by atoms with Crippen LogP contribution in [0.4, 0.5) is 0 Å². The van der Waals surface area contributed by atoms with E-state index >= 15 is 0 Å². The van der Waals surface area contributed by atoms with Gasteiger partial charge >= 0.3 is 0 Å². The lowest BCUT2D eigenvalue weighted by atomic mass is 10.0. The summed E-state index contributed by atoms with van der Waals surface area (Å²) in [6.07, 6.45) is 6.63. The van der Waals surface area contributed by atoms with Gasteiger partial charge in [0.2, 0.25) is 16.3 Å². The summed E-state index contributed by atoms with van der Waals surface area (Å²) in [6.45, 7) is 10.4. The molecule has 2 nitrogen and oxygen atoms in total. The molecule has 0 fully saturated rings. The third kappa shape index (κ3) is 10.5. The van der Waals surface area contributed by atoms with Gasteiger partial charge in [0, 0.05) is 0 Å². The third-order valence-electron chi connectivity index (χ3n) is 4.24. The fraction of sp³-hybridized carbons (Fsp3) is 0.500. The van der Waals surface area contributed by atoms with E-state index in [1.54, 1.807) is 0 Å². The van der Waals surface area contributed by atoms with E-state index in [1.807, 2.05) is 50.2 Å². The maximum Gasteiger partial charge on any atom is 0.211 e. The summed E-state index contributed by atoms with van der Waals surface area (Å²) in [5, 5.41) is 20.6. The monoisotopic (exact) mass is 386 g/mol. The van der Waals surface area contributed by atoms with Gasteiger partial charge in [0.15, 0.2) is 0 Å². The lowest BCUT2D eigenvalue weighted by Crippen LogP contribution is -1.87. The number of phenols is 2. The lowest BCUT2D eigenvalue weighted by Gasteiger charge is -2.05. The second-order valence-electron chi connectivity index (χ2n) is 7.08. The molecular weight excluding hydrogens is 347 g/mol. The first-order valence-corrected chi connectivity index (χ1v) is 11.9. The maximum atomic E-state index is 9.62. The molecule has 0 aliphatic heterocycles. The van der Waals surface area contributed by atoms with Crippen molar-refractivity contribution in [2.45, 2.75) is 78.4 Å². The molecule has 0 spiro atoms. The molecule has 2 N–H and O–H groups in total. The normalized spacial score (nSPS) is 9.67. The number of rotatable bonds is 6. The fourth-order valence-corrected chi connectivity index (χ4v) is 2.58. The molecule has 0 aromatic heterocycles. The van der Waals surface area contributed by atoms with Gasteiger partial charge in [0.25, 0.3) is 0 Å². The molecule has 27 heavy (non-hydrogen) atoms. The standard InChI is InChI=1S/2C11H16O.C2H5.Al.2H/c2*1-3-4-7-10-8-5-6-9(2)11(10)12;1-2;;;/h2*5-6,8,12H,3-4,7H2,1-2H3;1H2,2H3;;;. The molecular formula is C24H39AlO2. The molecule has 0 unspecified atom stereocenters. The number of hydrogen-bond acceptors (Lipinski definition) is 2. The topological polar surface area (TPSA) is 40.5 Å². The van der Waals surface area contributed by atoms with E-state index in [9.17, 15) is 10.2 Å². The van der Waals surface area contributed by atoms with Crippen LogP contribution in [0.15, 0.2) is 36.4 Å². The van der Waals surface area contributed by atoms with Crippen molar-refractivity contribution in [1.82, 2.24) is 0 Å². The predicted molar refractivity (Wildman–Crippen MR) is 122 cm³/mol. The van der Waals surface area contributed by atoms with Gasteiger partial charge in [-0.2, -0.15) is 0 Å². The number of hydrogen-bond donors (Lipinski definition) is 2. The second kappa shape index (κ2) is 15.6. The van der Waals surface area contributed by atoms with Crippen molar-refractivity contribution in [2.24, 2.45) is 0 Å². The van der Waals surface area contributed by atoms with Crippen LogP contribution in [0.3, 0.4) is 0 Å². The molecule has 2 aromatic carbocycles. The third-order valence-corrected chi connectivity index (χ3v) is 4.24. The van der Waals surface area contributed by atoms with Crippen LogP contribution in [0.5, 0.6) is 11.5 Å². The highest BCUT2D eigenvalue weighted by molar-refractivity contribution is 6.08.